The van der Waals surface area contributed by atoms with E-state index in [1.165, 1.54) is 0 Å². The van der Waals surface area contributed by atoms with Crippen LogP contribution < -0.4 is 5.32 Å². The van der Waals surface area contributed by atoms with Crippen LogP contribution in [0.15, 0.2) is 0 Å². The van der Waals surface area contributed by atoms with Gasteiger partial charge in [-0.3, -0.25) is 9.59 Å². The molecule has 0 bridgehead atoms. The molecular weight excluding hydrogens is 258 g/mol. The zero-order chi connectivity index (χ0) is 15.3. The normalized spacial score (nSPS) is 18.4. The van der Waals surface area contributed by atoms with Gasteiger partial charge in [-0.15, -0.1) is 0 Å². The number of carboxylic acids is 1. The molecule has 1 unspecified atom stereocenters. The smallest absolute Gasteiger partial charge is 0.326 e. The number of Topliss-reactive ketones (excluding diaryl/α,β-unsaturated/α-hetero) is 1. The van der Waals surface area contributed by atoms with Crippen LogP contribution in [0, 0.1) is 11.3 Å². The third-order valence-electron chi connectivity index (χ3n) is 3.82. The number of aliphatic carboxylic acids is 1. The summed E-state index contributed by atoms with van der Waals surface area (Å²) < 4.78 is 0. The fourth-order valence-corrected chi connectivity index (χ4v) is 2.35. The maximum atomic E-state index is 12.1. The molecule has 1 aliphatic rings. The highest BCUT2D eigenvalue weighted by molar-refractivity contribution is 5.91. The number of hydrogen-bond acceptors (Lipinski definition) is 3. The quantitative estimate of drug-likeness (QED) is 0.809. The first-order chi connectivity index (χ1) is 9.21. The van der Waals surface area contributed by atoms with E-state index in [2.05, 4.69) is 5.32 Å². The second kappa shape index (κ2) is 6.86. The molecule has 0 saturated heterocycles. The summed E-state index contributed by atoms with van der Waals surface area (Å²) in [6.07, 6.45) is 4.62. The molecule has 0 spiro atoms. The Morgan fingerprint density at radius 1 is 1.15 bits per heavy atom. The van der Waals surface area contributed by atoms with E-state index >= 15 is 0 Å². The van der Waals surface area contributed by atoms with E-state index in [-0.39, 0.29) is 24.0 Å². The summed E-state index contributed by atoms with van der Waals surface area (Å²) >= 11 is 0. The van der Waals surface area contributed by atoms with Crippen LogP contribution in [-0.2, 0) is 14.4 Å². The Bertz CT molecular complexity index is 378. The SMILES string of the molecule is CC(C)(C)C(=O)CC(NC(=O)C1CCCCC1)C(=O)O. The van der Waals surface area contributed by atoms with Gasteiger partial charge in [-0.2, -0.15) is 0 Å². The Hall–Kier alpha value is -1.39. The molecular formula is C15H25NO4. The highest BCUT2D eigenvalue weighted by atomic mass is 16.4. The molecule has 114 valence electrons. The molecule has 20 heavy (non-hydrogen) atoms. The molecule has 1 fully saturated rings. The Morgan fingerprint density at radius 2 is 1.70 bits per heavy atom. The number of carbonyl (C=O) groups excluding carboxylic acids is 2. The lowest BCUT2D eigenvalue weighted by Gasteiger charge is -2.24. The third-order valence-corrected chi connectivity index (χ3v) is 3.82. The summed E-state index contributed by atoms with van der Waals surface area (Å²) in [6, 6.07) is -1.11. The monoisotopic (exact) mass is 283 g/mol. The van der Waals surface area contributed by atoms with Crippen molar-refractivity contribution in [3.63, 3.8) is 0 Å². The second-order valence-corrected chi connectivity index (χ2v) is 6.61. The molecule has 5 heteroatoms. The highest BCUT2D eigenvalue weighted by Gasteiger charge is 2.31. The number of amides is 1. The number of rotatable bonds is 5. The highest BCUT2D eigenvalue weighted by Crippen LogP contribution is 2.24. The molecule has 1 atom stereocenters. The van der Waals surface area contributed by atoms with E-state index in [1.54, 1.807) is 20.8 Å². The van der Waals surface area contributed by atoms with Crippen molar-refractivity contribution in [2.45, 2.75) is 65.3 Å². The average molecular weight is 283 g/mol. The minimum absolute atomic E-state index is 0.102. The molecule has 0 heterocycles. The van der Waals surface area contributed by atoms with E-state index < -0.39 is 17.4 Å². The van der Waals surface area contributed by atoms with Gasteiger partial charge < -0.3 is 10.4 Å². The van der Waals surface area contributed by atoms with Crippen molar-refractivity contribution in [1.29, 1.82) is 0 Å². The number of carboxylic acid groups (broad SMARTS) is 1. The molecule has 0 aliphatic heterocycles. The van der Waals surface area contributed by atoms with Crippen molar-refractivity contribution >= 4 is 17.7 Å². The number of nitrogens with one attached hydrogen (secondary N) is 1. The molecule has 0 aromatic carbocycles. The minimum Gasteiger partial charge on any atom is -0.480 e. The van der Waals surface area contributed by atoms with E-state index in [9.17, 15) is 14.4 Å². The topological polar surface area (TPSA) is 83.5 Å². The summed E-state index contributed by atoms with van der Waals surface area (Å²) in [5, 5.41) is 11.7. The van der Waals surface area contributed by atoms with E-state index in [0.717, 1.165) is 32.1 Å². The van der Waals surface area contributed by atoms with Gasteiger partial charge >= 0.3 is 5.97 Å². The molecule has 1 aliphatic carbocycles. The molecule has 1 saturated carbocycles. The molecule has 1 rings (SSSR count). The van der Waals surface area contributed by atoms with Crippen molar-refractivity contribution in [2.75, 3.05) is 0 Å². The Morgan fingerprint density at radius 3 is 2.15 bits per heavy atom. The number of ketones is 1. The van der Waals surface area contributed by atoms with Crippen LogP contribution >= 0.6 is 0 Å². The molecule has 0 radical (unpaired) electrons. The largest absolute Gasteiger partial charge is 0.480 e. The van der Waals surface area contributed by atoms with Crippen LogP contribution in [-0.4, -0.2) is 28.8 Å². The van der Waals surface area contributed by atoms with Gasteiger partial charge in [0, 0.05) is 17.8 Å². The zero-order valence-electron chi connectivity index (χ0n) is 12.6. The van der Waals surface area contributed by atoms with Crippen LogP contribution in [0.5, 0.6) is 0 Å². The first-order valence-corrected chi connectivity index (χ1v) is 7.28. The van der Waals surface area contributed by atoms with Crippen LogP contribution in [0.4, 0.5) is 0 Å². The van der Waals surface area contributed by atoms with E-state index in [0.29, 0.717) is 0 Å². The maximum Gasteiger partial charge on any atom is 0.326 e. The molecule has 2 N–H and O–H groups in total. The van der Waals surface area contributed by atoms with Crippen LogP contribution in [0.25, 0.3) is 0 Å². The standard InChI is InChI=1S/C15H25NO4/c1-15(2,3)12(17)9-11(14(19)20)16-13(18)10-7-5-4-6-8-10/h10-11H,4-9H2,1-3H3,(H,16,18)(H,19,20). The van der Waals surface area contributed by atoms with Gasteiger partial charge in [0.15, 0.2) is 0 Å². The van der Waals surface area contributed by atoms with Gasteiger partial charge in [0.2, 0.25) is 5.91 Å². The zero-order valence-corrected chi connectivity index (χ0v) is 12.6. The predicted octanol–water partition coefficient (Wildman–Crippen LogP) is 2.14. The Labute approximate surface area is 120 Å². The molecule has 5 nitrogen and oxygen atoms in total. The van der Waals surface area contributed by atoms with Crippen molar-refractivity contribution in [2.24, 2.45) is 11.3 Å². The summed E-state index contributed by atoms with van der Waals surface area (Å²) in [5.41, 5.74) is -0.594. The average Bonchev–Trinajstić information content (AvgIpc) is 2.37. The lowest BCUT2D eigenvalue weighted by atomic mass is 9.86. The first-order valence-electron chi connectivity index (χ1n) is 7.28. The third kappa shape index (κ3) is 4.94. The molecule has 1 amide bonds. The Balaban J connectivity index is 2.60. The van der Waals surface area contributed by atoms with Crippen molar-refractivity contribution < 1.29 is 19.5 Å². The van der Waals surface area contributed by atoms with Gasteiger partial charge in [0.25, 0.3) is 0 Å². The lowest BCUT2D eigenvalue weighted by Crippen LogP contribution is -2.46. The fraction of sp³-hybridized carbons (Fsp3) is 0.800. The summed E-state index contributed by atoms with van der Waals surface area (Å²) in [6.45, 7) is 5.24. The predicted molar refractivity (Wildman–Crippen MR) is 75.2 cm³/mol. The Kier molecular flexibility index (Phi) is 5.72. The van der Waals surface area contributed by atoms with Gasteiger partial charge in [-0.05, 0) is 12.8 Å². The van der Waals surface area contributed by atoms with Crippen LogP contribution in [0.2, 0.25) is 0 Å². The minimum atomic E-state index is -1.15. The number of carbonyl (C=O) groups is 3. The fourth-order valence-electron chi connectivity index (χ4n) is 2.35. The van der Waals surface area contributed by atoms with Gasteiger partial charge in [-0.1, -0.05) is 40.0 Å². The van der Waals surface area contributed by atoms with Crippen molar-refractivity contribution in [3.8, 4) is 0 Å². The first kappa shape index (κ1) is 16.7. The van der Waals surface area contributed by atoms with Crippen molar-refractivity contribution in [1.82, 2.24) is 5.32 Å². The summed E-state index contributed by atoms with van der Waals surface area (Å²) in [5.74, 6) is -1.63. The number of hydrogen-bond donors (Lipinski definition) is 2. The van der Waals surface area contributed by atoms with Crippen LogP contribution in [0.1, 0.15) is 59.3 Å². The van der Waals surface area contributed by atoms with Crippen molar-refractivity contribution in [3.05, 3.63) is 0 Å². The van der Waals surface area contributed by atoms with E-state index in [1.807, 2.05) is 0 Å². The second-order valence-electron chi connectivity index (χ2n) is 6.61. The van der Waals surface area contributed by atoms with Gasteiger partial charge in [0.1, 0.15) is 11.8 Å². The molecule has 0 aromatic heterocycles. The van der Waals surface area contributed by atoms with Gasteiger partial charge in [-0.25, -0.2) is 4.79 Å². The van der Waals surface area contributed by atoms with Gasteiger partial charge in [0.05, 0.1) is 0 Å². The van der Waals surface area contributed by atoms with E-state index in [4.69, 9.17) is 5.11 Å². The molecule has 0 aromatic rings. The summed E-state index contributed by atoms with van der Waals surface area (Å²) in [7, 11) is 0. The summed E-state index contributed by atoms with van der Waals surface area (Å²) in [4.78, 5) is 35.2. The maximum absolute atomic E-state index is 12.1. The lowest BCUT2D eigenvalue weighted by molar-refractivity contribution is -0.145. The van der Waals surface area contributed by atoms with Crippen LogP contribution in [0.3, 0.4) is 0 Å².